The van der Waals surface area contributed by atoms with Gasteiger partial charge in [0, 0.05) is 40.3 Å². The molecule has 4 aromatic rings. The molecular formula is C30H23ClF2N4O3. The lowest BCUT2D eigenvalue weighted by atomic mass is 9.80. The average molecular weight is 561 g/mol. The van der Waals surface area contributed by atoms with E-state index in [1.54, 1.807) is 6.07 Å². The topological polar surface area (TPSA) is 99.4 Å². The minimum Gasteiger partial charge on any atom is -0.485 e. The summed E-state index contributed by atoms with van der Waals surface area (Å²) in [5.41, 5.74) is 7.19. The third kappa shape index (κ3) is 3.61. The molecule has 3 aliphatic heterocycles. The van der Waals surface area contributed by atoms with Crippen LogP contribution in [-0.2, 0) is 18.6 Å². The standard InChI is InChI=1S/C30H23ClF2N4O3/c31-25-20(32)12-21-19(13-30(40-21,22-7-4-9-35-22)16-5-2-1-3-6-16)23(25)24-17(29(34)38)11-18-27-15(8-10-36-37-27)14-39-28(18)26(24)33/h1-3,5-6,8,10-12,22,35H,4,7,9,13-14H2,(H2,34,38)/t22-,30-/m0/s1. The molecule has 1 aromatic heterocycles. The van der Waals surface area contributed by atoms with Gasteiger partial charge in [0.1, 0.15) is 23.9 Å². The largest absolute Gasteiger partial charge is 0.485 e. The molecular weight excluding hydrogens is 538 g/mol. The van der Waals surface area contributed by atoms with Crippen LogP contribution in [-0.4, -0.2) is 28.7 Å². The van der Waals surface area contributed by atoms with Crippen LogP contribution in [0.15, 0.2) is 54.7 Å². The highest BCUT2D eigenvalue weighted by atomic mass is 35.5. The van der Waals surface area contributed by atoms with E-state index >= 15 is 8.78 Å². The number of hydrogen-bond donors (Lipinski definition) is 2. The van der Waals surface area contributed by atoms with Crippen molar-refractivity contribution in [3.63, 3.8) is 0 Å². The predicted molar refractivity (Wildman–Crippen MR) is 144 cm³/mol. The normalized spacial score (nSPS) is 20.7. The Kier molecular flexibility index (Phi) is 5.76. The highest BCUT2D eigenvalue weighted by molar-refractivity contribution is 6.34. The molecule has 2 atom stereocenters. The Balaban J connectivity index is 1.48. The molecule has 0 bridgehead atoms. The number of nitrogens with zero attached hydrogens (tertiary/aromatic N) is 2. The maximum Gasteiger partial charge on any atom is 0.249 e. The van der Waals surface area contributed by atoms with Crippen molar-refractivity contribution in [3.05, 3.63) is 93.6 Å². The molecule has 0 unspecified atom stereocenters. The molecule has 202 valence electrons. The van der Waals surface area contributed by atoms with Gasteiger partial charge in [-0.3, -0.25) is 4.79 Å². The molecule has 0 spiro atoms. The summed E-state index contributed by atoms with van der Waals surface area (Å²) in [5.74, 6) is -2.49. The van der Waals surface area contributed by atoms with Crippen LogP contribution in [0, 0.1) is 11.6 Å². The van der Waals surface area contributed by atoms with Crippen LogP contribution in [0.4, 0.5) is 8.78 Å². The number of nitrogens with one attached hydrogen (secondary N) is 1. The lowest BCUT2D eigenvalue weighted by Gasteiger charge is -2.35. The van der Waals surface area contributed by atoms with Crippen molar-refractivity contribution in [1.82, 2.24) is 15.5 Å². The first-order chi connectivity index (χ1) is 19.4. The monoisotopic (exact) mass is 560 g/mol. The van der Waals surface area contributed by atoms with E-state index in [0.717, 1.165) is 24.9 Å². The fourth-order valence-electron chi connectivity index (χ4n) is 6.26. The van der Waals surface area contributed by atoms with Crippen molar-refractivity contribution in [3.8, 4) is 33.9 Å². The number of benzene rings is 3. The second kappa shape index (κ2) is 9.25. The van der Waals surface area contributed by atoms with E-state index in [-0.39, 0.29) is 57.8 Å². The molecule has 3 aromatic carbocycles. The number of aromatic nitrogens is 2. The zero-order valence-corrected chi connectivity index (χ0v) is 21.9. The quantitative estimate of drug-likeness (QED) is 0.351. The van der Waals surface area contributed by atoms with Crippen LogP contribution < -0.4 is 20.5 Å². The Labute approximate surface area is 233 Å². The summed E-state index contributed by atoms with van der Waals surface area (Å²) in [6, 6.07) is 13.9. The van der Waals surface area contributed by atoms with E-state index in [1.165, 1.54) is 18.3 Å². The van der Waals surface area contributed by atoms with E-state index in [1.807, 2.05) is 30.3 Å². The van der Waals surface area contributed by atoms with Crippen LogP contribution in [0.1, 0.15) is 39.9 Å². The Morgan fingerprint density at radius 3 is 2.73 bits per heavy atom. The van der Waals surface area contributed by atoms with Crippen LogP contribution in [0.2, 0.25) is 5.02 Å². The van der Waals surface area contributed by atoms with Crippen LogP contribution >= 0.6 is 11.6 Å². The van der Waals surface area contributed by atoms with Gasteiger partial charge >= 0.3 is 0 Å². The molecule has 0 saturated carbocycles. The second-order valence-corrected chi connectivity index (χ2v) is 10.6. The summed E-state index contributed by atoms with van der Waals surface area (Å²) in [5, 5.41) is 11.2. The van der Waals surface area contributed by atoms with Crippen LogP contribution in [0.5, 0.6) is 11.5 Å². The van der Waals surface area contributed by atoms with Gasteiger partial charge in [-0.05, 0) is 37.1 Å². The van der Waals surface area contributed by atoms with E-state index < -0.39 is 23.1 Å². The molecule has 40 heavy (non-hydrogen) atoms. The number of carbonyl (C=O) groups is 1. The smallest absolute Gasteiger partial charge is 0.249 e. The number of rotatable bonds is 4. The first-order valence-corrected chi connectivity index (χ1v) is 13.4. The Bertz CT molecular complexity index is 1690. The number of primary amides is 1. The minimum absolute atomic E-state index is 0.0233. The number of nitrogens with two attached hydrogens (primary N) is 1. The predicted octanol–water partition coefficient (Wildman–Crippen LogP) is 5.32. The van der Waals surface area contributed by atoms with Crippen molar-refractivity contribution in [2.45, 2.75) is 37.5 Å². The van der Waals surface area contributed by atoms with Crippen molar-refractivity contribution in [2.24, 2.45) is 5.73 Å². The Hall–Kier alpha value is -4.08. The molecule has 3 aliphatic rings. The number of amides is 1. The highest BCUT2D eigenvalue weighted by Crippen LogP contribution is 2.53. The molecule has 1 saturated heterocycles. The Morgan fingerprint density at radius 2 is 1.98 bits per heavy atom. The molecule has 7 rings (SSSR count). The van der Waals surface area contributed by atoms with Gasteiger partial charge < -0.3 is 20.5 Å². The molecule has 3 N–H and O–H groups in total. The minimum atomic E-state index is -0.910. The summed E-state index contributed by atoms with van der Waals surface area (Å²) in [6.07, 6.45) is 3.56. The maximum atomic E-state index is 16.5. The highest BCUT2D eigenvalue weighted by Gasteiger charge is 2.50. The number of ether oxygens (including phenoxy) is 2. The fraction of sp³-hybridized carbons (Fsp3) is 0.233. The third-order valence-electron chi connectivity index (χ3n) is 8.07. The summed E-state index contributed by atoms with van der Waals surface area (Å²) in [4.78, 5) is 12.8. The molecule has 1 amide bonds. The van der Waals surface area contributed by atoms with Gasteiger partial charge in [-0.25, -0.2) is 8.78 Å². The molecule has 4 heterocycles. The van der Waals surface area contributed by atoms with E-state index in [0.29, 0.717) is 16.8 Å². The SMILES string of the molecule is NC(=O)c1cc2c(c(F)c1-c1c(Cl)c(F)cc3c1C[C@](c1ccccc1)([C@@H]1CCCN1)O3)OCc1ccnnc1-2. The Morgan fingerprint density at radius 1 is 1.15 bits per heavy atom. The molecule has 0 aliphatic carbocycles. The molecule has 10 heteroatoms. The number of fused-ring (bicyclic) bond motifs is 4. The molecule has 7 nitrogen and oxygen atoms in total. The zero-order chi connectivity index (χ0) is 27.6. The average Bonchev–Trinajstić information content (AvgIpc) is 3.64. The van der Waals surface area contributed by atoms with Crippen molar-refractivity contribution >= 4 is 17.5 Å². The summed E-state index contributed by atoms with van der Waals surface area (Å²) >= 11 is 6.59. The van der Waals surface area contributed by atoms with E-state index in [9.17, 15) is 4.79 Å². The number of hydrogen-bond acceptors (Lipinski definition) is 6. The first-order valence-electron chi connectivity index (χ1n) is 13.0. The van der Waals surface area contributed by atoms with Crippen molar-refractivity contribution in [2.75, 3.05) is 6.54 Å². The van der Waals surface area contributed by atoms with Gasteiger partial charge in [0.15, 0.2) is 17.2 Å². The van der Waals surface area contributed by atoms with Gasteiger partial charge in [0.05, 0.1) is 22.8 Å². The zero-order valence-electron chi connectivity index (χ0n) is 21.1. The summed E-state index contributed by atoms with van der Waals surface area (Å²) in [6.45, 7) is 0.862. The van der Waals surface area contributed by atoms with Gasteiger partial charge in [0.2, 0.25) is 5.91 Å². The number of carbonyl (C=O) groups excluding carboxylic acids is 1. The molecule has 0 radical (unpaired) electrons. The molecule has 1 fully saturated rings. The fourth-order valence-corrected chi connectivity index (χ4v) is 6.52. The third-order valence-corrected chi connectivity index (χ3v) is 8.44. The van der Waals surface area contributed by atoms with Crippen molar-refractivity contribution in [1.29, 1.82) is 0 Å². The maximum absolute atomic E-state index is 16.5. The van der Waals surface area contributed by atoms with E-state index in [2.05, 4.69) is 15.5 Å². The lowest BCUT2D eigenvalue weighted by molar-refractivity contribution is 0.0539. The van der Waals surface area contributed by atoms with Crippen molar-refractivity contribution < 1.29 is 23.0 Å². The van der Waals surface area contributed by atoms with Crippen LogP contribution in [0.25, 0.3) is 22.4 Å². The first kappa shape index (κ1) is 24.9. The van der Waals surface area contributed by atoms with E-state index in [4.69, 9.17) is 26.8 Å². The van der Waals surface area contributed by atoms with Gasteiger partial charge in [-0.1, -0.05) is 41.9 Å². The van der Waals surface area contributed by atoms with Gasteiger partial charge in [0.25, 0.3) is 0 Å². The summed E-state index contributed by atoms with van der Waals surface area (Å²) < 4.78 is 44.4. The number of halogens is 3. The second-order valence-electron chi connectivity index (χ2n) is 10.3. The van der Waals surface area contributed by atoms with Crippen LogP contribution in [0.3, 0.4) is 0 Å². The van der Waals surface area contributed by atoms with Gasteiger partial charge in [-0.15, -0.1) is 5.10 Å². The lowest BCUT2D eigenvalue weighted by Crippen LogP contribution is -2.48. The van der Waals surface area contributed by atoms with Gasteiger partial charge in [-0.2, -0.15) is 5.10 Å². The summed E-state index contributed by atoms with van der Waals surface area (Å²) in [7, 11) is 0.